The molecule has 2 aromatic carbocycles. The molecule has 2 aliphatic heterocycles. The molecule has 172 valence electrons. The Morgan fingerprint density at radius 2 is 1.91 bits per heavy atom. The molecule has 1 fully saturated rings. The van der Waals surface area contributed by atoms with Crippen molar-refractivity contribution in [2.75, 3.05) is 24.6 Å². The molecule has 4 nitrogen and oxygen atoms in total. The maximum atomic E-state index is 12.9. The number of likely N-dealkylation sites (tertiary alicyclic amines) is 1. The van der Waals surface area contributed by atoms with Crippen LogP contribution < -0.4 is 9.64 Å². The Kier molecular flexibility index (Phi) is 6.74. The van der Waals surface area contributed by atoms with E-state index in [4.69, 9.17) is 4.74 Å². The second-order valence-electron chi connectivity index (χ2n) is 8.68. The number of fused-ring (bicyclic) bond motifs is 1. The van der Waals surface area contributed by atoms with Gasteiger partial charge in [-0.2, -0.15) is 13.2 Å². The van der Waals surface area contributed by atoms with Crippen molar-refractivity contribution in [2.45, 2.75) is 57.3 Å². The van der Waals surface area contributed by atoms with Crippen LogP contribution in [0, 0.1) is 0 Å². The summed E-state index contributed by atoms with van der Waals surface area (Å²) in [6.45, 7) is 5.11. The normalized spacial score (nSPS) is 21.4. The number of halogens is 3. The Morgan fingerprint density at radius 3 is 2.56 bits per heavy atom. The summed E-state index contributed by atoms with van der Waals surface area (Å²) in [6, 6.07) is 11.0. The highest BCUT2D eigenvalue weighted by atomic mass is 19.4. The number of rotatable bonds is 7. The van der Waals surface area contributed by atoms with E-state index in [2.05, 4.69) is 11.8 Å². The molecule has 0 N–H and O–H groups in total. The van der Waals surface area contributed by atoms with Crippen LogP contribution in [0.3, 0.4) is 0 Å². The van der Waals surface area contributed by atoms with Crippen LogP contribution in [0.4, 0.5) is 24.5 Å². The summed E-state index contributed by atoms with van der Waals surface area (Å²) >= 11 is 0. The molecule has 2 heterocycles. The zero-order valence-electron chi connectivity index (χ0n) is 18.3. The number of aldehydes is 1. The minimum absolute atomic E-state index is 0.409. The first-order chi connectivity index (χ1) is 15.4. The predicted molar refractivity (Wildman–Crippen MR) is 119 cm³/mol. The van der Waals surface area contributed by atoms with Crippen molar-refractivity contribution in [2.24, 2.45) is 0 Å². The lowest BCUT2D eigenvalue weighted by Crippen LogP contribution is -2.36. The van der Waals surface area contributed by atoms with Crippen molar-refractivity contribution < 1.29 is 22.7 Å². The van der Waals surface area contributed by atoms with Gasteiger partial charge in [0.25, 0.3) is 0 Å². The van der Waals surface area contributed by atoms with E-state index in [1.54, 1.807) is 0 Å². The van der Waals surface area contributed by atoms with Crippen molar-refractivity contribution in [1.82, 2.24) is 4.90 Å². The number of hydrogen-bond acceptors (Lipinski definition) is 4. The van der Waals surface area contributed by atoms with Gasteiger partial charge in [-0.1, -0.05) is 0 Å². The van der Waals surface area contributed by atoms with Gasteiger partial charge in [-0.3, -0.25) is 0 Å². The molecule has 0 aliphatic carbocycles. The number of alkyl halides is 3. The van der Waals surface area contributed by atoms with Gasteiger partial charge in [-0.15, -0.1) is 0 Å². The molecule has 2 aliphatic rings. The number of nitrogens with zero attached hydrogens (tertiary/aromatic N) is 2. The smallest absolute Gasteiger partial charge is 0.416 e. The summed E-state index contributed by atoms with van der Waals surface area (Å²) in [5.41, 5.74) is 1.75. The first-order valence-electron chi connectivity index (χ1n) is 11.3. The second-order valence-corrected chi connectivity index (χ2v) is 8.68. The van der Waals surface area contributed by atoms with Crippen LogP contribution in [0.5, 0.6) is 5.75 Å². The molecule has 0 spiro atoms. The summed E-state index contributed by atoms with van der Waals surface area (Å²) in [5, 5.41) is 0. The van der Waals surface area contributed by atoms with Gasteiger partial charge in [-0.25, -0.2) is 0 Å². The van der Waals surface area contributed by atoms with Gasteiger partial charge in [0, 0.05) is 24.0 Å². The molecule has 32 heavy (non-hydrogen) atoms. The number of benzene rings is 2. The Morgan fingerprint density at radius 1 is 1.12 bits per heavy atom. The minimum Gasteiger partial charge on any atom is -0.494 e. The molecule has 1 unspecified atom stereocenters. The number of hydrogen-bond donors (Lipinski definition) is 0. The number of carbonyl (C=O) groups excluding carboxylic acids is 1. The van der Waals surface area contributed by atoms with Gasteiger partial charge in [0.2, 0.25) is 0 Å². The van der Waals surface area contributed by atoms with Crippen LogP contribution in [0.2, 0.25) is 0 Å². The second kappa shape index (κ2) is 9.53. The van der Waals surface area contributed by atoms with Crippen molar-refractivity contribution in [3.8, 4) is 5.75 Å². The molecule has 0 bridgehead atoms. The monoisotopic (exact) mass is 446 g/mol. The highest BCUT2D eigenvalue weighted by molar-refractivity contribution is 5.78. The van der Waals surface area contributed by atoms with Crippen LogP contribution in [-0.2, 0) is 17.4 Å². The van der Waals surface area contributed by atoms with Crippen molar-refractivity contribution in [1.29, 1.82) is 0 Å². The van der Waals surface area contributed by atoms with Crippen LogP contribution in [0.1, 0.15) is 43.7 Å². The summed E-state index contributed by atoms with van der Waals surface area (Å²) < 4.78 is 44.8. The van der Waals surface area contributed by atoms with E-state index in [0.717, 1.165) is 61.4 Å². The fourth-order valence-electron chi connectivity index (χ4n) is 4.75. The molecule has 0 amide bonds. The fraction of sp³-hybridized carbons (Fsp3) is 0.480. The third-order valence-electron chi connectivity index (χ3n) is 6.53. The van der Waals surface area contributed by atoms with Gasteiger partial charge in [0.15, 0.2) is 0 Å². The minimum atomic E-state index is -4.39. The molecule has 0 saturated carbocycles. The summed E-state index contributed by atoms with van der Waals surface area (Å²) in [6.07, 6.45) is 1.30. The third kappa shape index (κ3) is 4.93. The molecule has 4 rings (SSSR count). The van der Waals surface area contributed by atoms with Crippen molar-refractivity contribution in [3.05, 3.63) is 53.6 Å². The van der Waals surface area contributed by atoms with E-state index in [-0.39, 0.29) is 0 Å². The molecule has 2 aromatic rings. The van der Waals surface area contributed by atoms with Crippen LogP contribution >= 0.6 is 0 Å². The average molecular weight is 447 g/mol. The van der Waals surface area contributed by atoms with Crippen LogP contribution in [0.15, 0.2) is 42.5 Å². The van der Waals surface area contributed by atoms with Crippen LogP contribution in [0.25, 0.3) is 0 Å². The maximum Gasteiger partial charge on any atom is 0.416 e. The highest BCUT2D eigenvalue weighted by Crippen LogP contribution is 2.39. The Bertz CT molecular complexity index is 930. The largest absolute Gasteiger partial charge is 0.494 e. The highest BCUT2D eigenvalue weighted by Gasteiger charge is 2.32. The lowest BCUT2D eigenvalue weighted by atomic mass is 9.95. The fourth-order valence-corrected chi connectivity index (χ4v) is 4.75. The number of carbonyl (C=O) groups is 1. The van der Waals surface area contributed by atoms with E-state index in [1.165, 1.54) is 25.0 Å². The third-order valence-corrected chi connectivity index (χ3v) is 6.53. The lowest BCUT2D eigenvalue weighted by Gasteiger charge is -2.36. The number of ether oxygens (including phenoxy) is 1. The van der Waals surface area contributed by atoms with Crippen molar-refractivity contribution >= 4 is 17.7 Å². The quantitative estimate of drug-likeness (QED) is 0.409. The first kappa shape index (κ1) is 22.6. The predicted octanol–water partition coefficient (Wildman–Crippen LogP) is 5.61. The maximum absolute atomic E-state index is 12.9. The van der Waals surface area contributed by atoms with E-state index in [9.17, 15) is 18.0 Å². The molecule has 7 heteroatoms. The molecular weight excluding hydrogens is 417 g/mol. The molecular formula is C25H29F3N2O2. The van der Waals surface area contributed by atoms with Gasteiger partial charge < -0.3 is 19.3 Å². The van der Waals surface area contributed by atoms with E-state index >= 15 is 0 Å². The Balaban J connectivity index is 1.45. The Hall–Kier alpha value is -2.54. The molecule has 1 saturated heterocycles. The lowest BCUT2D eigenvalue weighted by molar-refractivity contribution is -0.137. The zero-order chi connectivity index (χ0) is 22.7. The average Bonchev–Trinajstić information content (AvgIpc) is 3.20. The molecule has 2 atom stereocenters. The number of anilines is 2. The van der Waals surface area contributed by atoms with E-state index in [1.807, 2.05) is 23.1 Å². The first-order valence-corrected chi connectivity index (χ1v) is 11.3. The summed E-state index contributed by atoms with van der Waals surface area (Å²) in [7, 11) is 0. The molecule has 0 aromatic heterocycles. The van der Waals surface area contributed by atoms with Gasteiger partial charge in [0.1, 0.15) is 12.0 Å². The van der Waals surface area contributed by atoms with Gasteiger partial charge in [0.05, 0.1) is 18.2 Å². The number of aryl methyl sites for hydroxylation is 1. The standard InChI is InChI=1S/C25H29F3N2O2/c1-18-4-2-13-29(18)14-3-15-32-23-11-12-24-19(16-23)5-8-22(17-31)30(24)21-9-6-20(7-10-21)25(26,27)28/h6-7,9-12,16-18,22H,2-5,8,13-15H2,1H3/t18-,22?/m1/s1. The van der Waals surface area contributed by atoms with Crippen LogP contribution in [-0.4, -0.2) is 43.0 Å². The molecule has 0 radical (unpaired) electrons. The zero-order valence-corrected chi connectivity index (χ0v) is 18.3. The van der Waals surface area contributed by atoms with E-state index in [0.29, 0.717) is 24.8 Å². The Labute approximate surface area is 187 Å². The SMILES string of the molecule is C[C@@H]1CCCN1CCCOc1ccc2c(c1)CCC(C=O)N2c1ccc(C(F)(F)F)cc1. The van der Waals surface area contributed by atoms with Gasteiger partial charge in [-0.05, 0) is 93.6 Å². The summed E-state index contributed by atoms with van der Waals surface area (Å²) in [4.78, 5) is 16.0. The summed E-state index contributed by atoms with van der Waals surface area (Å²) in [5.74, 6) is 0.787. The topological polar surface area (TPSA) is 32.8 Å². The van der Waals surface area contributed by atoms with Gasteiger partial charge >= 0.3 is 6.18 Å². The van der Waals surface area contributed by atoms with Crippen molar-refractivity contribution in [3.63, 3.8) is 0 Å². The van der Waals surface area contributed by atoms with E-state index < -0.39 is 17.8 Å².